The van der Waals surface area contributed by atoms with Crippen molar-refractivity contribution >= 4 is 0 Å². The third kappa shape index (κ3) is 5.17. The van der Waals surface area contributed by atoms with Crippen molar-refractivity contribution in [1.82, 2.24) is 10.3 Å². The monoisotopic (exact) mass is 246 g/mol. The summed E-state index contributed by atoms with van der Waals surface area (Å²) in [5.74, 6) is 0. The minimum Gasteiger partial charge on any atom is -0.310 e. The molecule has 0 aliphatic rings. The first-order valence-corrected chi connectivity index (χ1v) is 5.65. The second kappa shape index (κ2) is 6.00. The number of aryl methyl sites for hydroxylation is 1. The maximum Gasteiger partial charge on any atom is 0.389 e. The Morgan fingerprint density at radius 2 is 2.12 bits per heavy atom. The fraction of sp³-hybridized carbons (Fsp3) is 0.583. The summed E-state index contributed by atoms with van der Waals surface area (Å²) >= 11 is 0. The van der Waals surface area contributed by atoms with Crippen LogP contribution in [0.4, 0.5) is 13.2 Å². The summed E-state index contributed by atoms with van der Waals surface area (Å²) in [5.41, 5.74) is 1.68. The Morgan fingerprint density at radius 1 is 1.41 bits per heavy atom. The lowest BCUT2D eigenvalue weighted by Gasteiger charge is -2.19. The molecular formula is C12H17F3N2. The summed E-state index contributed by atoms with van der Waals surface area (Å²) in [6, 6.07) is 3.32. The fourth-order valence-corrected chi connectivity index (χ4v) is 1.73. The minimum atomic E-state index is -4.10. The molecule has 0 aliphatic heterocycles. The Labute approximate surface area is 99.3 Å². The van der Waals surface area contributed by atoms with E-state index in [2.05, 4.69) is 10.3 Å². The van der Waals surface area contributed by atoms with E-state index >= 15 is 0 Å². The topological polar surface area (TPSA) is 24.9 Å². The highest BCUT2D eigenvalue weighted by Gasteiger charge is 2.28. The third-order valence-corrected chi connectivity index (χ3v) is 2.49. The van der Waals surface area contributed by atoms with Crippen LogP contribution in [0.5, 0.6) is 0 Å². The number of alkyl halides is 3. The van der Waals surface area contributed by atoms with Crippen molar-refractivity contribution in [3.63, 3.8) is 0 Å². The maximum atomic E-state index is 12.2. The van der Waals surface area contributed by atoms with Gasteiger partial charge in [-0.05, 0) is 37.6 Å². The molecule has 0 bridgehead atoms. The lowest BCUT2D eigenvalue weighted by Crippen LogP contribution is -2.23. The Morgan fingerprint density at radius 3 is 2.65 bits per heavy atom. The number of nitrogens with one attached hydrogen (secondary N) is 1. The van der Waals surface area contributed by atoms with Gasteiger partial charge in [0.05, 0.1) is 0 Å². The fourth-order valence-electron chi connectivity index (χ4n) is 1.73. The van der Waals surface area contributed by atoms with Crippen molar-refractivity contribution in [3.8, 4) is 0 Å². The SMILES string of the molecule is CCNC(CCC(F)(F)F)c1ccnc(C)c1. The first kappa shape index (κ1) is 14.0. The predicted molar refractivity (Wildman–Crippen MR) is 60.7 cm³/mol. The summed E-state index contributed by atoms with van der Waals surface area (Å²) in [4.78, 5) is 4.04. The second-order valence-corrected chi connectivity index (χ2v) is 3.99. The first-order valence-electron chi connectivity index (χ1n) is 5.65. The van der Waals surface area contributed by atoms with Gasteiger partial charge in [-0.1, -0.05) is 6.92 Å². The quantitative estimate of drug-likeness (QED) is 0.861. The lowest BCUT2D eigenvalue weighted by molar-refractivity contribution is -0.136. The van der Waals surface area contributed by atoms with Gasteiger partial charge in [-0.3, -0.25) is 4.98 Å². The zero-order chi connectivity index (χ0) is 12.9. The van der Waals surface area contributed by atoms with E-state index in [4.69, 9.17) is 0 Å². The number of rotatable bonds is 5. The number of nitrogens with zero attached hydrogens (tertiary/aromatic N) is 1. The van der Waals surface area contributed by atoms with E-state index in [0.717, 1.165) is 11.3 Å². The molecule has 1 rings (SSSR count). The normalized spacial score (nSPS) is 13.7. The highest BCUT2D eigenvalue weighted by atomic mass is 19.4. The van der Waals surface area contributed by atoms with Crippen LogP contribution in [0, 0.1) is 6.92 Å². The summed E-state index contributed by atoms with van der Waals surface area (Å²) in [5, 5.41) is 3.07. The van der Waals surface area contributed by atoms with Gasteiger partial charge >= 0.3 is 6.18 Å². The molecule has 17 heavy (non-hydrogen) atoms. The standard InChI is InChI=1S/C12H17F3N2/c1-3-16-11(4-6-12(13,14)15)10-5-7-17-9(2)8-10/h5,7-8,11,16H,3-4,6H2,1-2H3. The molecule has 0 spiro atoms. The van der Waals surface area contributed by atoms with Crippen molar-refractivity contribution in [3.05, 3.63) is 29.6 Å². The van der Waals surface area contributed by atoms with Crippen molar-refractivity contribution in [2.24, 2.45) is 0 Å². The zero-order valence-electron chi connectivity index (χ0n) is 10.0. The van der Waals surface area contributed by atoms with Crippen molar-refractivity contribution in [2.75, 3.05) is 6.54 Å². The van der Waals surface area contributed by atoms with Crippen LogP contribution in [0.3, 0.4) is 0 Å². The molecule has 1 aromatic heterocycles. The Hall–Kier alpha value is -1.10. The number of hydrogen-bond acceptors (Lipinski definition) is 2. The number of pyridine rings is 1. The van der Waals surface area contributed by atoms with Crippen molar-refractivity contribution in [1.29, 1.82) is 0 Å². The van der Waals surface area contributed by atoms with Gasteiger partial charge in [-0.2, -0.15) is 13.2 Å². The van der Waals surface area contributed by atoms with E-state index < -0.39 is 12.6 Å². The van der Waals surface area contributed by atoms with Crippen LogP contribution < -0.4 is 5.32 Å². The molecular weight excluding hydrogens is 229 g/mol. The summed E-state index contributed by atoms with van der Waals surface area (Å²) in [6.45, 7) is 4.36. The van der Waals surface area contributed by atoms with Crippen molar-refractivity contribution < 1.29 is 13.2 Å². The van der Waals surface area contributed by atoms with Gasteiger partial charge in [-0.15, -0.1) is 0 Å². The molecule has 0 saturated carbocycles. The lowest BCUT2D eigenvalue weighted by atomic mass is 10.0. The Balaban J connectivity index is 2.71. The van der Waals surface area contributed by atoms with E-state index in [1.165, 1.54) is 0 Å². The van der Waals surface area contributed by atoms with Crippen LogP contribution in [0.2, 0.25) is 0 Å². The molecule has 0 aliphatic carbocycles. The highest BCUT2D eigenvalue weighted by Crippen LogP contribution is 2.27. The average molecular weight is 246 g/mol. The average Bonchev–Trinajstić information content (AvgIpc) is 2.23. The van der Waals surface area contributed by atoms with E-state index in [9.17, 15) is 13.2 Å². The smallest absolute Gasteiger partial charge is 0.310 e. The van der Waals surface area contributed by atoms with Crippen LogP contribution in [-0.2, 0) is 0 Å². The number of halogens is 3. The van der Waals surface area contributed by atoms with Gasteiger partial charge in [0, 0.05) is 24.4 Å². The summed E-state index contributed by atoms with van der Waals surface area (Å²) in [7, 11) is 0. The van der Waals surface area contributed by atoms with Crippen LogP contribution in [0.15, 0.2) is 18.3 Å². The Bertz CT molecular complexity index is 350. The Kier molecular flexibility index (Phi) is 4.93. The molecule has 2 nitrogen and oxygen atoms in total. The van der Waals surface area contributed by atoms with Crippen LogP contribution in [0.1, 0.15) is 37.1 Å². The molecule has 5 heteroatoms. The molecule has 0 radical (unpaired) electrons. The van der Waals surface area contributed by atoms with Crippen LogP contribution in [0.25, 0.3) is 0 Å². The van der Waals surface area contributed by atoms with Crippen LogP contribution in [-0.4, -0.2) is 17.7 Å². The summed E-state index contributed by atoms with van der Waals surface area (Å²) in [6.07, 6.45) is -3.19. The molecule has 0 saturated heterocycles. The van der Waals surface area contributed by atoms with Gasteiger partial charge < -0.3 is 5.32 Å². The van der Waals surface area contributed by atoms with Crippen LogP contribution >= 0.6 is 0 Å². The van der Waals surface area contributed by atoms with E-state index in [0.29, 0.717) is 6.54 Å². The highest BCUT2D eigenvalue weighted by molar-refractivity contribution is 5.19. The van der Waals surface area contributed by atoms with Gasteiger partial charge in [-0.25, -0.2) is 0 Å². The number of hydrogen-bond donors (Lipinski definition) is 1. The van der Waals surface area contributed by atoms with E-state index in [1.54, 1.807) is 12.3 Å². The summed E-state index contributed by atoms with van der Waals surface area (Å²) < 4.78 is 36.6. The second-order valence-electron chi connectivity index (χ2n) is 3.99. The molecule has 1 atom stereocenters. The van der Waals surface area contributed by atoms with E-state index in [-0.39, 0.29) is 12.5 Å². The van der Waals surface area contributed by atoms with Gasteiger partial charge in [0.2, 0.25) is 0 Å². The molecule has 0 amide bonds. The minimum absolute atomic E-state index is 0.0563. The van der Waals surface area contributed by atoms with Gasteiger partial charge in [0.1, 0.15) is 0 Å². The molecule has 1 heterocycles. The zero-order valence-corrected chi connectivity index (χ0v) is 10.0. The molecule has 96 valence electrons. The molecule has 1 unspecified atom stereocenters. The van der Waals surface area contributed by atoms with Crippen molar-refractivity contribution in [2.45, 2.75) is 38.9 Å². The van der Waals surface area contributed by atoms with Gasteiger partial charge in [0.25, 0.3) is 0 Å². The molecule has 0 fully saturated rings. The number of aromatic nitrogens is 1. The first-order chi connectivity index (χ1) is 7.92. The molecule has 1 aromatic rings. The largest absolute Gasteiger partial charge is 0.389 e. The maximum absolute atomic E-state index is 12.2. The predicted octanol–water partition coefficient (Wildman–Crippen LogP) is 3.38. The van der Waals surface area contributed by atoms with E-state index in [1.807, 2.05) is 19.9 Å². The third-order valence-electron chi connectivity index (χ3n) is 2.49. The molecule has 0 aromatic carbocycles. The molecule has 1 N–H and O–H groups in total. The van der Waals surface area contributed by atoms with Gasteiger partial charge in [0.15, 0.2) is 0 Å².